The molecule has 0 rings (SSSR count). The van der Waals surface area contributed by atoms with Crippen LogP contribution in [0.2, 0.25) is 0 Å². The molecule has 0 saturated carbocycles. The van der Waals surface area contributed by atoms with Gasteiger partial charge in [0.2, 0.25) is 0 Å². The summed E-state index contributed by atoms with van der Waals surface area (Å²) in [5.74, 6) is 0.503. The zero-order valence-corrected chi connectivity index (χ0v) is 11.4. The normalized spacial score (nSPS) is 10.4. The zero-order valence-electron chi connectivity index (χ0n) is 8.60. The Morgan fingerprint density at radius 1 is 1.42 bits per heavy atom. The number of Topliss-reactive ketones (excluding diaryl/α,β-unsaturated/α-hetero) is 1. The molecule has 0 bridgehead atoms. The molecule has 0 aromatic rings. The maximum absolute atomic E-state index is 10.5. The van der Waals surface area contributed by atoms with E-state index in [-0.39, 0.29) is 44.4 Å². The van der Waals surface area contributed by atoms with Gasteiger partial charge in [0, 0.05) is 32.7 Å². The summed E-state index contributed by atoms with van der Waals surface area (Å²) >= 11 is 0. The van der Waals surface area contributed by atoms with Crippen LogP contribution in [0.15, 0.2) is 0 Å². The molecule has 1 atom stereocenters. The van der Waals surface area contributed by atoms with E-state index in [1.165, 1.54) is 0 Å². The van der Waals surface area contributed by atoms with Gasteiger partial charge in [0.1, 0.15) is 5.78 Å². The molecule has 0 spiro atoms. The van der Waals surface area contributed by atoms with Crippen LogP contribution in [0.5, 0.6) is 0 Å². The third kappa shape index (κ3) is 17.0. The molecule has 0 saturated heterocycles. The predicted octanol–water partition coefficient (Wildman–Crippen LogP) is 3.05. The summed E-state index contributed by atoms with van der Waals surface area (Å²) in [5, 5.41) is 0. The number of hydrogen-bond donors (Lipinski definition) is 0. The third-order valence-corrected chi connectivity index (χ3v) is 1.19. The second kappa shape index (κ2) is 14.3. The monoisotopic (exact) mass is 245 g/mol. The summed E-state index contributed by atoms with van der Waals surface area (Å²) in [4.78, 5) is 10.5. The summed E-state index contributed by atoms with van der Waals surface area (Å²) in [5.41, 5.74) is 0. The summed E-state index contributed by atoms with van der Waals surface area (Å²) < 4.78 is 0. The SMILES string of the molecule is CC.[CH2-]CCC([CH2-])CC(C)=O.[Y]. The molecular formula is C10H20OY-2. The van der Waals surface area contributed by atoms with Crippen LogP contribution < -0.4 is 0 Å². The van der Waals surface area contributed by atoms with Crippen molar-refractivity contribution >= 4 is 5.78 Å². The van der Waals surface area contributed by atoms with Crippen molar-refractivity contribution in [3.05, 3.63) is 13.8 Å². The van der Waals surface area contributed by atoms with Crippen LogP contribution in [-0.2, 0) is 37.5 Å². The molecule has 0 aliphatic rings. The smallest absolute Gasteiger partial charge is 0.127 e. The Morgan fingerprint density at radius 3 is 2.08 bits per heavy atom. The van der Waals surface area contributed by atoms with Crippen LogP contribution >= 0.6 is 0 Å². The number of hydrogen-bond acceptors (Lipinski definition) is 1. The molecule has 0 N–H and O–H groups in total. The first-order valence-corrected chi connectivity index (χ1v) is 4.28. The van der Waals surface area contributed by atoms with Gasteiger partial charge in [0.25, 0.3) is 0 Å². The summed E-state index contributed by atoms with van der Waals surface area (Å²) in [6, 6.07) is 0. The first-order valence-electron chi connectivity index (χ1n) is 4.28. The van der Waals surface area contributed by atoms with Gasteiger partial charge >= 0.3 is 0 Å². The number of carbonyl (C=O) groups is 1. The quantitative estimate of drug-likeness (QED) is 0.696. The second-order valence-corrected chi connectivity index (χ2v) is 2.41. The Morgan fingerprint density at radius 2 is 1.83 bits per heavy atom. The average Bonchev–Trinajstić information content (AvgIpc) is 1.91. The van der Waals surface area contributed by atoms with E-state index in [0.717, 1.165) is 12.8 Å². The van der Waals surface area contributed by atoms with E-state index < -0.39 is 0 Å². The van der Waals surface area contributed by atoms with Gasteiger partial charge in [-0.3, -0.25) is 0 Å². The van der Waals surface area contributed by atoms with Crippen LogP contribution in [0.25, 0.3) is 0 Å². The minimum atomic E-state index is 0. The zero-order chi connectivity index (χ0) is 9.28. The third-order valence-electron chi connectivity index (χ3n) is 1.19. The molecule has 0 aliphatic carbocycles. The van der Waals surface area contributed by atoms with Crippen molar-refractivity contribution in [3.8, 4) is 0 Å². The van der Waals surface area contributed by atoms with Crippen molar-refractivity contribution < 1.29 is 37.5 Å². The molecule has 0 fully saturated rings. The topological polar surface area (TPSA) is 17.1 Å². The largest absolute Gasteiger partial charge is 0.343 e. The van der Waals surface area contributed by atoms with E-state index in [0.29, 0.717) is 6.42 Å². The van der Waals surface area contributed by atoms with Crippen molar-refractivity contribution in [2.24, 2.45) is 5.92 Å². The van der Waals surface area contributed by atoms with E-state index in [9.17, 15) is 4.79 Å². The number of rotatable bonds is 4. The maximum Gasteiger partial charge on any atom is 0.127 e. The van der Waals surface area contributed by atoms with Crippen LogP contribution in [0.3, 0.4) is 0 Å². The van der Waals surface area contributed by atoms with E-state index in [1.54, 1.807) is 6.92 Å². The van der Waals surface area contributed by atoms with Crippen molar-refractivity contribution in [1.82, 2.24) is 0 Å². The fourth-order valence-electron chi connectivity index (χ4n) is 0.797. The number of carbonyl (C=O) groups excluding carboxylic acids is 1. The van der Waals surface area contributed by atoms with E-state index >= 15 is 0 Å². The molecule has 1 unspecified atom stereocenters. The fourth-order valence-corrected chi connectivity index (χ4v) is 0.797. The van der Waals surface area contributed by atoms with Gasteiger partial charge in [-0.25, -0.2) is 0 Å². The Bertz CT molecular complexity index is 91.8. The molecule has 0 aromatic heterocycles. The molecule has 0 aliphatic heterocycles. The van der Waals surface area contributed by atoms with Crippen molar-refractivity contribution in [3.63, 3.8) is 0 Å². The van der Waals surface area contributed by atoms with Gasteiger partial charge in [-0.15, -0.1) is 6.42 Å². The first-order chi connectivity index (χ1) is 5.16. The average molecular weight is 245 g/mol. The molecule has 1 radical (unpaired) electrons. The minimum absolute atomic E-state index is 0. The standard InChI is InChI=1S/C8H14O.C2H6.Y/c1-4-5-7(2)6-8(3)9;1-2;/h7H,1-2,4-6H2,3H3;1-2H3;/q-2;;. The van der Waals surface area contributed by atoms with Crippen molar-refractivity contribution in [1.29, 1.82) is 0 Å². The van der Waals surface area contributed by atoms with Gasteiger partial charge < -0.3 is 18.6 Å². The van der Waals surface area contributed by atoms with Gasteiger partial charge in [-0.2, -0.15) is 12.3 Å². The summed E-state index contributed by atoms with van der Waals surface area (Å²) in [7, 11) is 0. The molecule has 71 valence electrons. The Hall–Kier alpha value is 0.774. The molecule has 1 nitrogen and oxygen atoms in total. The fraction of sp³-hybridized carbons (Fsp3) is 0.700. The molecule has 0 heterocycles. The molecule has 12 heavy (non-hydrogen) atoms. The minimum Gasteiger partial charge on any atom is -0.343 e. The van der Waals surface area contributed by atoms with Crippen LogP contribution in [0.4, 0.5) is 0 Å². The van der Waals surface area contributed by atoms with Gasteiger partial charge in [-0.1, -0.05) is 13.8 Å². The molecular weight excluding hydrogens is 225 g/mol. The summed E-state index contributed by atoms with van der Waals surface area (Å²) in [6.07, 6.45) is 2.44. The van der Waals surface area contributed by atoms with Gasteiger partial charge in [0.15, 0.2) is 0 Å². The molecule has 0 amide bonds. The van der Waals surface area contributed by atoms with E-state index in [2.05, 4.69) is 13.8 Å². The first kappa shape index (κ1) is 18.5. The Labute approximate surface area is 103 Å². The predicted molar refractivity (Wildman–Crippen MR) is 50.1 cm³/mol. The van der Waals surface area contributed by atoms with E-state index in [4.69, 9.17) is 0 Å². The van der Waals surface area contributed by atoms with Gasteiger partial charge in [0.05, 0.1) is 0 Å². The van der Waals surface area contributed by atoms with Gasteiger partial charge in [-0.05, 0) is 13.3 Å². The van der Waals surface area contributed by atoms with Crippen molar-refractivity contribution in [2.45, 2.75) is 40.0 Å². The van der Waals surface area contributed by atoms with Crippen LogP contribution in [0.1, 0.15) is 40.0 Å². The summed E-state index contributed by atoms with van der Waals surface area (Å²) in [6.45, 7) is 13.1. The molecule has 2 heteroatoms. The Balaban J connectivity index is -0.000000249. The maximum atomic E-state index is 10.5. The van der Waals surface area contributed by atoms with E-state index in [1.807, 2.05) is 13.8 Å². The second-order valence-electron chi connectivity index (χ2n) is 2.41. The number of ketones is 1. The van der Waals surface area contributed by atoms with Crippen molar-refractivity contribution in [2.75, 3.05) is 0 Å². The van der Waals surface area contributed by atoms with Crippen LogP contribution in [0, 0.1) is 19.8 Å². The van der Waals surface area contributed by atoms with Crippen LogP contribution in [-0.4, -0.2) is 5.78 Å². The molecule has 0 aromatic carbocycles. The Kier molecular flexibility index (Phi) is 22.1.